The van der Waals surface area contributed by atoms with Crippen LogP contribution in [-0.4, -0.2) is 62.7 Å². The average Bonchev–Trinajstić information content (AvgIpc) is 3.08. The molecule has 12 heteroatoms. The van der Waals surface area contributed by atoms with E-state index < -0.39 is 54.1 Å². The predicted molar refractivity (Wildman–Crippen MR) is 113 cm³/mol. The lowest BCUT2D eigenvalue weighted by atomic mass is 9.87. The van der Waals surface area contributed by atoms with Crippen LogP contribution in [0.2, 0.25) is 0 Å². The van der Waals surface area contributed by atoms with Crippen molar-refractivity contribution in [1.29, 1.82) is 0 Å². The number of aromatic nitrogens is 2. The quantitative estimate of drug-likeness (QED) is 0.462. The van der Waals surface area contributed by atoms with Crippen LogP contribution in [0.3, 0.4) is 0 Å². The number of aliphatic hydroxyl groups is 1. The van der Waals surface area contributed by atoms with Gasteiger partial charge in [-0.3, -0.25) is 23.7 Å². The number of esters is 2. The Kier molecular flexibility index (Phi) is 8.83. The molecule has 1 amide bonds. The molecular weight excluding hydrogens is 438 g/mol. The van der Waals surface area contributed by atoms with Gasteiger partial charge in [-0.2, -0.15) is 4.98 Å². The second-order valence-corrected chi connectivity index (χ2v) is 7.33. The van der Waals surface area contributed by atoms with E-state index in [4.69, 9.17) is 14.2 Å². The third kappa shape index (κ3) is 5.63. The maximum atomic E-state index is 12.9. The Bertz CT molecular complexity index is 961. The monoisotopic (exact) mass is 467 g/mol. The molecule has 1 aliphatic rings. The van der Waals surface area contributed by atoms with Crippen molar-refractivity contribution in [3.63, 3.8) is 0 Å². The van der Waals surface area contributed by atoms with Gasteiger partial charge in [-0.15, -0.1) is 0 Å². The van der Waals surface area contributed by atoms with Crippen LogP contribution in [0, 0.1) is 0 Å². The molecule has 0 radical (unpaired) electrons. The lowest BCUT2D eigenvalue weighted by molar-refractivity contribution is -0.173. The Labute approximate surface area is 190 Å². The van der Waals surface area contributed by atoms with Crippen molar-refractivity contribution in [3.05, 3.63) is 22.7 Å². The van der Waals surface area contributed by atoms with Crippen LogP contribution >= 0.6 is 0 Å². The molecule has 2 N–H and O–H groups in total. The first kappa shape index (κ1) is 26.1. The molecule has 1 aliphatic heterocycles. The second-order valence-electron chi connectivity index (χ2n) is 7.33. The van der Waals surface area contributed by atoms with E-state index >= 15 is 0 Å². The number of anilines is 1. The minimum atomic E-state index is -2.46. The summed E-state index contributed by atoms with van der Waals surface area (Å²) in [5, 5.41) is 13.9. The molecule has 1 saturated heterocycles. The number of carbonyl (C=O) groups excluding carboxylic acids is 4. The first-order valence-electron chi connectivity index (χ1n) is 10.8. The summed E-state index contributed by atoms with van der Waals surface area (Å²) in [5.41, 5.74) is -3.38. The minimum absolute atomic E-state index is 0.0196. The maximum Gasteiger partial charge on any atom is 0.351 e. The molecule has 1 aromatic heterocycles. The van der Waals surface area contributed by atoms with E-state index in [1.807, 2.05) is 0 Å². The van der Waals surface area contributed by atoms with Crippen LogP contribution in [0.1, 0.15) is 59.6 Å². The summed E-state index contributed by atoms with van der Waals surface area (Å²) in [6.07, 6.45) is -3.17. The van der Waals surface area contributed by atoms with Gasteiger partial charge in [0.25, 0.3) is 0 Å². The van der Waals surface area contributed by atoms with Crippen molar-refractivity contribution in [3.8, 4) is 0 Å². The smallest absolute Gasteiger partial charge is 0.351 e. The second kappa shape index (κ2) is 11.1. The molecular formula is C21H29N3O9. The topological polar surface area (TPSA) is 163 Å². The average molecular weight is 467 g/mol. The zero-order chi connectivity index (χ0) is 24.8. The van der Waals surface area contributed by atoms with Crippen molar-refractivity contribution in [2.24, 2.45) is 0 Å². The molecule has 0 spiro atoms. The van der Waals surface area contributed by atoms with Crippen molar-refractivity contribution in [2.45, 2.75) is 77.4 Å². The fraction of sp³-hybridized carbons (Fsp3) is 0.619. The van der Waals surface area contributed by atoms with Crippen molar-refractivity contribution in [2.75, 3.05) is 11.9 Å². The number of rotatable bonds is 10. The van der Waals surface area contributed by atoms with Crippen LogP contribution in [0.15, 0.2) is 17.1 Å². The van der Waals surface area contributed by atoms with Crippen molar-refractivity contribution < 1.29 is 38.5 Å². The molecule has 0 unspecified atom stereocenters. The molecule has 0 bridgehead atoms. The highest BCUT2D eigenvalue weighted by atomic mass is 16.6. The number of carbonyl (C=O) groups is 4. The third-order valence-corrected chi connectivity index (χ3v) is 5.13. The molecule has 2 heterocycles. The fourth-order valence-electron chi connectivity index (χ4n) is 3.31. The molecule has 0 saturated carbocycles. The van der Waals surface area contributed by atoms with E-state index in [1.165, 1.54) is 26.1 Å². The lowest BCUT2D eigenvalue weighted by Gasteiger charge is -2.32. The normalized spacial score (nSPS) is 24.2. The molecule has 4 atom stereocenters. The van der Waals surface area contributed by atoms with Crippen LogP contribution in [0.4, 0.5) is 5.82 Å². The minimum Gasteiger partial charge on any atom is -0.463 e. The largest absolute Gasteiger partial charge is 0.463 e. The fourth-order valence-corrected chi connectivity index (χ4v) is 3.31. The molecule has 0 aromatic carbocycles. The van der Waals surface area contributed by atoms with E-state index in [2.05, 4.69) is 10.3 Å². The highest BCUT2D eigenvalue weighted by Crippen LogP contribution is 2.41. The van der Waals surface area contributed by atoms with E-state index in [0.29, 0.717) is 0 Å². The molecule has 0 aliphatic carbocycles. The van der Waals surface area contributed by atoms with E-state index in [1.54, 1.807) is 13.8 Å². The van der Waals surface area contributed by atoms with E-state index in [-0.39, 0.29) is 37.4 Å². The summed E-state index contributed by atoms with van der Waals surface area (Å²) < 4.78 is 17.1. The number of amides is 1. The SMILES string of the molecule is CCC(=O)Nc1ccn([C@@H]2O[C@H](COC(=O)CC)[C@@H](OC(=O)CC)[C@]2(O)C(=O)CC)c(=O)n1. The Hall–Kier alpha value is -3.12. The van der Waals surface area contributed by atoms with Gasteiger partial charge in [-0.25, -0.2) is 4.79 Å². The van der Waals surface area contributed by atoms with E-state index in [9.17, 15) is 29.1 Å². The highest BCUT2D eigenvalue weighted by molar-refractivity contribution is 5.90. The van der Waals surface area contributed by atoms with Crippen molar-refractivity contribution >= 4 is 29.4 Å². The standard InChI is InChI=1S/C21H29N3O9/c1-5-13(25)21(30)18(33-17(28)8-4)12(11-31-16(27)7-3)32-19(21)24-10-9-14(23-20(24)29)22-15(26)6-2/h9-10,12,18-19,30H,5-8,11H2,1-4H3,(H,22,23,26,29)/t12-,18-,19-,21-/m1/s1. The Morgan fingerprint density at radius 2 is 1.79 bits per heavy atom. The maximum absolute atomic E-state index is 12.9. The Balaban J connectivity index is 2.51. The zero-order valence-electron chi connectivity index (χ0n) is 19.0. The number of nitrogens with zero attached hydrogens (tertiary/aromatic N) is 2. The van der Waals surface area contributed by atoms with Gasteiger partial charge in [-0.05, 0) is 6.07 Å². The molecule has 182 valence electrons. The summed E-state index contributed by atoms with van der Waals surface area (Å²) in [4.78, 5) is 64.6. The van der Waals surface area contributed by atoms with Gasteiger partial charge in [0.1, 0.15) is 18.5 Å². The van der Waals surface area contributed by atoms with E-state index in [0.717, 1.165) is 4.57 Å². The van der Waals surface area contributed by atoms with Gasteiger partial charge >= 0.3 is 17.6 Å². The predicted octanol–water partition coefficient (Wildman–Crippen LogP) is 0.474. The lowest BCUT2D eigenvalue weighted by Crippen LogP contribution is -2.56. The zero-order valence-corrected chi connectivity index (χ0v) is 19.0. The Morgan fingerprint density at radius 3 is 2.33 bits per heavy atom. The highest BCUT2D eigenvalue weighted by Gasteiger charge is 2.63. The third-order valence-electron chi connectivity index (χ3n) is 5.13. The molecule has 2 rings (SSSR count). The number of ether oxygens (including phenoxy) is 3. The number of ketones is 1. The number of Topliss-reactive ketones (excluding diaryl/α,β-unsaturated/α-hetero) is 1. The molecule has 12 nitrogen and oxygen atoms in total. The summed E-state index contributed by atoms with van der Waals surface area (Å²) in [6.45, 7) is 5.81. The number of hydrogen-bond donors (Lipinski definition) is 2. The van der Waals surface area contributed by atoms with Gasteiger partial charge in [0.15, 0.2) is 18.1 Å². The Morgan fingerprint density at radius 1 is 1.12 bits per heavy atom. The van der Waals surface area contributed by atoms with Crippen LogP contribution in [-0.2, 0) is 33.4 Å². The van der Waals surface area contributed by atoms with Crippen molar-refractivity contribution in [1.82, 2.24) is 9.55 Å². The van der Waals surface area contributed by atoms with Gasteiger partial charge < -0.3 is 24.6 Å². The number of hydrogen-bond acceptors (Lipinski definition) is 10. The summed E-state index contributed by atoms with van der Waals surface area (Å²) >= 11 is 0. The van der Waals surface area contributed by atoms with Crippen LogP contribution in [0.5, 0.6) is 0 Å². The van der Waals surface area contributed by atoms with Gasteiger partial charge in [0, 0.05) is 31.9 Å². The van der Waals surface area contributed by atoms with Gasteiger partial charge in [0.2, 0.25) is 11.5 Å². The summed E-state index contributed by atoms with van der Waals surface area (Å²) in [7, 11) is 0. The van der Waals surface area contributed by atoms with Gasteiger partial charge in [0.05, 0.1) is 0 Å². The molecule has 1 aromatic rings. The van der Waals surface area contributed by atoms with Crippen LogP contribution < -0.4 is 11.0 Å². The summed E-state index contributed by atoms with van der Waals surface area (Å²) in [6, 6.07) is 1.30. The number of nitrogens with one attached hydrogen (secondary N) is 1. The summed E-state index contributed by atoms with van der Waals surface area (Å²) in [5.74, 6) is -2.42. The molecule has 33 heavy (non-hydrogen) atoms. The first-order chi connectivity index (χ1) is 15.6. The first-order valence-corrected chi connectivity index (χ1v) is 10.8. The molecule has 1 fully saturated rings. The van der Waals surface area contributed by atoms with Gasteiger partial charge in [-0.1, -0.05) is 27.7 Å². The van der Waals surface area contributed by atoms with Crippen LogP contribution in [0.25, 0.3) is 0 Å².